The minimum absolute atomic E-state index is 0.171. The predicted octanol–water partition coefficient (Wildman–Crippen LogP) is 5.99. The summed E-state index contributed by atoms with van der Waals surface area (Å²) in [6.45, 7) is 5.75. The molecule has 2 heteroatoms. The molecule has 0 bridgehead atoms. The summed E-state index contributed by atoms with van der Waals surface area (Å²) < 4.78 is 5.98. The van der Waals surface area contributed by atoms with E-state index in [0.717, 1.165) is 37.9 Å². The average Bonchev–Trinajstić information content (AvgIpc) is 2.97. The third kappa shape index (κ3) is 3.69. The molecular weight excluding hydrogens is 308 g/mol. The number of carbonyl (C=O) groups excluding carboxylic acids is 1. The molecule has 0 fully saturated rings. The normalized spacial score (nSPS) is 15.0. The van der Waals surface area contributed by atoms with Crippen molar-refractivity contribution in [1.82, 2.24) is 0 Å². The van der Waals surface area contributed by atoms with Crippen molar-refractivity contribution in [3.8, 4) is 11.1 Å². The monoisotopic (exact) mass is 336 g/mol. The Morgan fingerprint density at radius 1 is 0.960 bits per heavy atom. The van der Waals surface area contributed by atoms with Crippen LogP contribution < -0.4 is 0 Å². The van der Waals surface area contributed by atoms with E-state index in [2.05, 4.69) is 44.2 Å². The largest absolute Gasteiger partial charge is 0.380 e. The van der Waals surface area contributed by atoms with Crippen LogP contribution in [0.25, 0.3) is 11.1 Å². The first-order valence-electron chi connectivity index (χ1n) is 9.61. The summed E-state index contributed by atoms with van der Waals surface area (Å²) in [6.07, 6.45) is 4.85. The maximum atomic E-state index is 12.8. The number of hydrogen-bond acceptors (Lipinski definition) is 2. The Morgan fingerprint density at radius 3 is 2.52 bits per heavy atom. The molecule has 2 aromatic carbocycles. The van der Waals surface area contributed by atoms with Crippen LogP contribution in [0.15, 0.2) is 42.5 Å². The molecule has 1 aliphatic carbocycles. The molecule has 2 nitrogen and oxygen atoms in total. The Bertz CT molecular complexity index is 733. The highest BCUT2D eigenvalue weighted by molar-refractivity contribution is 6.01. The van der Waals surface area contributed by atoms with Crippen molar-refractivity contribution >= 4 is 5.78 Å². The number of unbranched alkanes of at least 4 members (excludes halogenated alkanes) is 2. The fraction of sp³-hybridized carbons (Fsp3) is 0.435. The lowest BCUT2D eigenvalue weighted by molar-refractivity contribution is 0.0976. The number of hydrogen-bond donors (Lipinski definition) is 0. The lowest BCUT2D eigenvalue weighted by Gasteiger charge is -2.17. The third-order valence-corrected chi connectivity index (χ3v) is 5.07. The summed E-state index contributed by atoms with van der Waals surface area (Å²) in [5.74, 6) is 0.440. The van der Waals surface area contributed by atoms with Gasteiger partial charge in [-0.25, -0.2) is 0 Å². The van der Waals surface area contributed by atoms with Gasteiger partial charge in [-0.05, 0) is 35.1 Å². The van der Waals surface area contributed by atoms with Crippen molar-refractivity contribution in [3.63, 3.8) is 0 Å². The van der Waals surface area contributed by atoms with E-state index in [-0.39, 0.29) is 11.7 Å². The Balaban J connectivity index is 1.96. The van der Waals surface area contributed by atoms with Crippen LogP contribution in [0.3, 0.4) is 0 Å². The molecule has 0 heterocycles. The fourth-order valence-corrected chi connectivity index (χ4v) is 3.71. The van der Waals surface area contributed by atoms with Crippen molar-refractivity contribution in [2.24, 2.45) is 0 Å². The molecule has 1 unspecified atom stereocenters. The molecule has 1 aliphatic rings. The predicted molar refractivity (Wildman–Crippen MR) is 103 cm³/mol. The topological polar surface area (TPSA) is 26.3 Å². The molecule has 0 N–H and O–H groups in total. The molecule has 0 amide bonds. The van der Waals surface area contributed by atoms with E-state index in [0.29, 0.717) is 13.0 Å². The Morgan fingerprint density at radius 2 is 1.72 bits per heavy atom. The lowest BCUT2D eigenvalue weighted by atomic mass is 9.90. The highest BCUT2D eigenvalue weighted by atomic mass is 16.5. The molecule has 0 aromatic heterocycles. The van der Waals surface area contributed by atoms with Crippen LogP contribution in [0.1, 0.15) is 73.4 Å². The molecule has 0 saturated carbocycles. The molecular formula is C23H28O2. The Labute approximate surface area is 151 Å². The first-order valence-corrected chi connectivity index (χ1v) is 9.61. The van der Waals surface area contributed by atoms with Gasteiger partial charge in [0.25, 0.3) is 0 Å². The number of benzene rings is 2. The van der Waals surface area contributed by atoms with E-state index in [9.17, 15) is 4.79 Å². The van der Waals surface area contributed by atoms with E-state index in [1.54, 1.807) is 0 Å². The van der Waals surface area contributed by atoms with Crippen molar-refractivity contribution in [1.29, 1.82) is 0 Å². The average molecular weight is 336 g/mol. The number of fused-ring (bicyclic) bond motifs is 3. The van der Waals surface area contributed by atoms with Gasteiger partial charge in [0.05, 0.1) is 6.61 Å². The number of Topliss-reactive ketones (excluding diaryl/α,β-unsaturated/α-hetero) is 1. The van der Waals surface area contributed by atoms with Crippen LogP contribution in [-0.2, 0) is 4.74 Å². The number of carbonyl (C=O) groups is 1. The summed E-state index contributed by atoms with van der Waals surface area (Å²) in [5, 5.41) is 0. The zero-order valence-corrected chi connectivity index (χ0v) is 15.4. The van der Waals surface area contributed by atoms with E-state index in [1.165, 1.54) is 22.3 Å². The van der Waals surface area contributed by atoms with E-state index in [1.807, 2.05) is 12.1 Å². The zero-order chi connectivity index (χ0) is 17.6. The number of rotatable bonds is 9. The lowest BCUT2D eigenvalue weighted by Crippen LogP contribution is -2.12. The van der Waals surface area contributed by atoms with Crippen LogP contribution in [0.5, 0.6) is 0 Å². The second-order valence-electron chi connectivity index (χ2n) is 6.86. The van der Waals surface area contributed by atoms with Crippen LogP contribution >= 0.6 is 0 Å². The van der Waals surface area contributed by atoms with Crippen LogP contribution in [0.4, 0.5) is 0 Å². The van der Waals surface area contributed by atoms with Gasteiger partial charge in [-0.15, -0.1) is 0 Å². The Hall–Kier alpha value is -1.93. The van der Waals surface area contributed by atoms with Gasteiger partial charge < -0.3 is 4.74 Å². The quantitative estimate of drug-likeness (QED) is 0.415. The number of ketones is 1. The molecule has 0 radical (unpaired) electrons. The fourth-order valence-electron chi connectivity index (χ4n) is 3.71. The summed E-state index contributed by atoms with van der Waals surface area (Å²) in [4.78, 5) is 12.8. The molecule has 3 rings (SSSR count). The Kier molecular flexibility index (Phi) is 6.04. The first-order chi connectivity index (χ1) is 12.3. The summed E-state index contributed by atoms with van der Waals surface area (Å²) in [6, 6.07) is 14.7. The van der Waals surface area contributed by atoms with Gasteiger partial charge in [-0.2, -0.15) is 0 Å². The van der Waals surface area contributed by atoms with Crippen molar-refractivity contribution in [2.45, 2.75) is 51.9 Å². The van der Waals surface area contributed by atoms with Crippen molar-refractivity contribution in [3.05, 3.63) is 59.2 Å². The molecule has 25 heavy (non-hydrogen) atoms. The highest BCUT2D eigenvalue weighted by Crippen LogP contribution is 2.46. The van der Waals surface area contributed by atoms with Gasteiger partial charge in [0, 0.05) is 24.5 Å². The molecule has 2 aromatic rings. The van der Waals surface area contributed by atoms with Crippen LogP contribution in [0.2, 0.25) is 0 Å². The van der Waals surface area contributed by atoms with Gasteiger partial charge >= 0.3 is 0 Å². The molecule has 0 saturated heterocycles. The maximum Gasteiger partial charge on any atom is 0.163 e. The molecule has 1 atom stereocenters. The summed E-state index contributed by atoms with van der Waals surface area (Å²) in [5.41, 5.74) is 5.84. The van der Waals surface area contributed by atoms with Gasteiger partial charge in [0.1, 0.15) is 0 Å². The minimum Gasteiger partial charge on any atom is -0.380 e. The molecule has 132 valence electrons. The third-order valence-electron chi connectivity index (χ3n) is 5.07. The minimum atomic E-state index is 0.171. The standard InChI is InChI=1S/C23H28O2/c1-3-5-14-22(24)20-13-9-12-19-17-10-7-8-11-18(17)21(23(19)20)16-25-15-6-4-2/h7-13,21H,3-6,14-16H2,1-2H3. The van der Waals surface area contributed by atoms with Gasteiger partial charge in [0.2, 0.25) is 0 Å². The van der Waals surface area contributed by atoms with Gasteiger partial charge in [-0.3, -0.25) is 4.79 Å². The SMILES string of the molecule is CCCCOCC1c2ccccc2-c2cccc(C(=O)CCCC)c21. The second-order valence-corrected chi connectivity index (χ2v) is 6.86. The van der Waals surface area contributed by atoms with E-state index >= 15 is 0 Å². The maximum absolute atomic E-state index is 12.8. The highest BCUT2D eigenvalue weighted by Gasteiger charge is 2.32. The molecule has 0 spiro atoms. The first kappa shape index (κ1) is 17.9. The van der Waals surface area contributed by atoms with E-state index < -0.39 is 0 Å². The molecule has 0 aliphatic heterocycles. The zero-order valence-electron chi connectivity index (χ0n) is 15.4. The number of ether oxygens (including phenoxy) is 1. The summed E-state index contributed by atoms with van der Waals surface area (Å²) >= 11 is 0. The van der Waals surface area contributed by atoms with Crippen molar-refractivity contribution < 1.29 is 9.53 Å². The van der Waals surface area contributed by atoms with Gasteiger partial charge in [0.15, 0.2) is 5.78 Å². The van der Waals surface area contributed by atoms with Crippen molar-refractivity contribution in [2.75, 3.05) is 13.2 Å². The van der Waals surface area contributed by atoms with Crippen LogP contribution in [0, 0.1) is 0 Å². The van der Waals surface area contributed by atoms with Crippen LogP contribution in [-0.4, -0.2) is 19.0 Å². The summed E-state index contributed by atoms with van der Waals surface area (Å²) in [7, 11) is 0. The second kappa shape index (κ2) is 8.44. The smallest absolute Gasteiger partial charge is 0.163 e. The van der Waals surface area contributed by atoms with Gasteiger partial charge in [-0.1, -0.05) is 69.2 Å². The van der Waals surface area contributed by atoms with E-state index in [4.69, 9.17) is 4.74 Å².